The van der Waals surface area contributed by atoms with E-state index >= 15 is 0 Å². The molecule has 2 aromatic heterocycles. The lowest BCUT2D eigenvalue weighted by Crippen LogP contribution is -2.40. The number of carbonyl (C=O) groups is 3. The van der Waals surface area contributed by atoms with E-state index in [1.165, 1.54) is 16.2 Å². The van der Waals surface area contributed by atoms with Crippen LogP contribution in [0.1, 0.15) is 33.3 Å². The van der Waals surface area contributed by atoms with Crippen LogP contribution in [0.3, 0.4) is 0 Å². The zero-order valence-corrected chi connectivity index (χ0v) is 14.2. The molecule has 0 fully saturated rings. The van der Waals surface area contributed by atoms with Crippen molar-refractivity contribution in [2.45, 2.75) is 12.5 Å². The standard InChI is InChI=1S/C16H18N4O3S/c1-19(2)14(21)6-12-7-17-16(23)13-5-10(8-20(12)13)15(22)18-11-3-4-24-9-11/h3-5,8-9,12H,6-7H2,1-2H3,(H,17,23)(H,18,22). The first-order chi connectivity index (χ1) is 11.5. The monoisotopic (exact) mass is 346 g/mol. The smallest absolute Gasteiger partial charge is 0.268 e. The number of aromatic nitrogens is 1. The maximum atomic E-state index is 12.3. The largest absolute Gasteiger partial charge is 0.349 e. The Morgan fingerprint density at radius 2 is 2.25 bits per heavy atom. The van der Waals surface area contributed by atoms with E-state index in [1.54, 1.807) is 30.9 Å². The molecule has 0 spiro atoms. The summed E-state index contributed by atoms with van der Waals surface area (Å²) >= 11 is 1.49. The summed E-state index contributed by atoms with van der Waals surface area (Å²) in [5.74, 6) is -0.543. The molecule has 126 valence electrons. The molecule has 2 N–H and O–H groups in total. The van der Waals surface area contributed by atoms with Crippen molar-refractivity contribution in [3.63, 3.8) is 0 Å². The molecule has 0 saturated carbocycles. The van der Waals surface area contributed by atoms with E-state index in [-0.39, 0.29) is 30.2 Å². The highest BCUT2D eigenvalue weighted by Crippen LogP contribution is 2.23. The number of nitrogens with one attached hydrogen (secondary N) is 2. The van der Waals surface area contributed by atoms with Gasteiger partial charge in [-0.25, -0.2) is 0 Å². The van der Waals surface area contributed by atoms with Gasteiger partial charge in [0, 0.05) is 38.6 Å². The van der Waals surface area contributed by atoms with Crippen LogP contribution in [-0.2, 0) is 4.79 Å². The zero-order chi connectivity index (χ0) is 17.3. The Hall–Kier alpha value is -2.61. The van der Waals surface area contributed by atoms with Gasteiger partial charge in [-0.05, 0) is 17.5 Å². The van der Waals surface area contributed by atoms with Crippen LogP contribution in [0.5, 0.6) is 0 Å². The summed E-state index contributed by atoms with van der Waals surface area (Å²) in [5, 5.41) is 9.26. The van der Waals surface area contributed by atoms with Gasteiger partial charge in [-0.1, -0.05) is 0 Å². The number of nitrogens with zero attached hydrogens (tertiary/aromatic N) is 2. The zero-order valence-electron chi connectivity index (χ0n) is 13.4. The fourth-order valence-corrected chi connectivity index (χ4v) is 3.17. The molecule has 0 saturated heterocycles. The summed E-state index contributed by atoms with van der Waals surface area (Å²) in [6.45, 7) is 0.367. The number of anilines is 1. The highest BCUT2D eigenvalue weighted by molar-refractivity contribution is 7.08. The first-order valence-corrected chi connectivity index (χ1v) is 8.43. The summed E-state index contributed by atoms with van der Waals surface area (Å²) in [7, 11) is 3.39. The summed E-state index contributed by atoms with van der Waals surface area (Å²) in [5.41, 5.74) is 1.52. The molecule has 1 atom stereocenters. The normalized spacial score (nSPS) is 16.2. The fraction of sp³-hybridized carbons (Fsp3) is 0.312. The Morgan fingerprint density at radius 1 is 1.46 bits per heavy atom. The molecule has 1 aliphatic heterocycles. The van der Waals surface area contributed by atoms with Crippen molar-refractivity contribution in [2.24, 2.45) is 0 Å². The van der Waals surface area contributed by atoms with Crippen LogP contribution in [0.15, 0.2) is 29.1 Å². The van der Waals surface area contributed by atoms with Gasteiger partial charge < -0.3 is 20.1 Å². The van der Waals surface area contributed by atoms with Gasteiger partial charge in [0.05, 0.1) is 17.3 Å². The van der Waals surface area contributed by atoms with Crippen molar-refractivity contribution in [3.05, 3.63) is 40.3 Å². The minimum atomic E-state index is -0.277. The molecule has 3 amide bonds. The Morgan fingerprint density at radius 3 is 2.92 bits per heavy atom. The lowest BCUT2D eigenvalue weighted by Gasteiger charge is -2.26. The van der Waals surface area contributed by atoms with Gasteiger partial charge in [-0.3, -0.25) is 14.4 Å². The van der Waals surface area contributed by atoms with E-state index in [9.17, 15) is 14.4 Å². The first kappa shape index (κ1) is 16.3. The molecular weight excluding hydrogens is 328 g/mol. The molecule has 1 aliphatic rings. The molecule has 3 heterocycles. The Kier molecular flexibility index (Phi) is 4.39. The van der Waals surface area contributed by atoms with Crippen LogP contribution in [0.2, 0.25) is 0 Å². The second kappa shape index (κ2) is 6.48. The number of rotatable bonds is 4. The molecule has 3 rings (SSSR count). The summed E-state index contributed by atoms with van der Waals surface area (Å²) in [6, 6.07) is 3.17. The predicted molar refractivity (Wildman–Crippen MR) is 91.4 cm³/mol. The summed E-state index contributed by atoms with van der Waals surface area (Å²) in [4.78, 5) is 37.9. The average Bonchev–Trinajstić information content (AvgIpc) is 3.19. The topological polar surface area (TPSA) is 83.4 Å². The number of carbonyl (C=O) groups excluding carboxylic acids is 3. The molecule has 24 heavy (non-hydrogen) atoms. The molecule has 1 unspecified atom stereocenters. The van der Waals surface area contributed by atoms with E-state index < -0.39 is 0 Å². The Bertz CT molecular complexity index is 779. The molecule has 0 radical (unpaired) electrons. The van der Waals surface area contributed by atoms with E-state index in [4.69, 9.17) is 0 Å². The van der Waals surface area contributed by atoms with Gasteiger partial charge in [0.1, 0.15) is 5.69 Å². The van der Waals surface area contributed by atoms with Crippen LogP contribution in [0.25, 0.3) is 0 Å². The van der Waals surface area contributed by atoms with E-state index in [1.807, 2.05) is 16.8 Å². The minimum absolute atomic E-state index is 0.0277. The Balaban J connectivity index is 1.84. The van der Waals surface area contributed by atoms with Crippen molar-refractivity contribution in [2.75, 3.05) is 26.0 Å². The summed E-state index contributed by atoms with van der Waals surface area (Å²) in [6.07, 6.45) is 1.91. The molecule has 0 bridgehead atoms. The number of hydrogen-bond acceptors (Lipinski definition) is 4. The number of thiophene rings is 1. The van der Waals surface area contributed by atoms with E-state index in [0.717, 1.165) is 5.69 Å². The SMILES string of the molecule is CN(C)C(=O)CC1CNC(=O)c2cc(C(=O)Nc3ccsc3)cn21. The van der Waals surface area contributed by atoms with E-state index in [0.29, 0.717) is 17.8 Å². The fourth-order valence-electron chi connectivity index (χ4n) is 2.58. The van der Waals surface area contributed by atoms with Gasteiger partial charge in [0.15, 0.2) is 0 Å². The highest BCUT2D eigenvalue weighted by atomic mass is 32.1. The lowest BCUT2D eigenvalue weighted by atomic mass is 10.1. The second-order valence-electron chi connectivity index (χ2n) is 5.84. The minimum Gasteiger partial charge on any atom is -0.349 e. The molecule has 0 aliphatic carbocycles. The van der Waals surface area contributed by atoms with Crippen LogP contribution >= 0.6 is 11.3 Å². The van der Waals surface area contributed by atoms with Gasteiger partial charge in [0.25, 0.3) is 11.8 Å². The highest BCUT2D eigenvalue weighted by Gasteiger charge is 2.28. The maximum Gasteiger partial charge on any atom is 0.268 e. The van der Waals surface area contributed by atoms with Gasteiger partial charge in [-0.15, -0.1) is 0 Å². The molecule has 7 nitrogen and oxygen atoms in total. The first-order valence-electron chi connectivity index (χ1n) is 7.49. The average molecular weight is 346 g/mol. The number of amides is 3. The predicted octanol–water partition coefficient (Wildman–Crippen LogP) is 1.56. The van der Waals surface area contributed by atoms with Crippen LogP contribution in [0.4, 0.5) is 5.69 Å². The third-order valence-electron chi connectivity index (χ3n) is 3.92. The van der Waals surface area contributed by atoms with Crippen LogP contribution in [-0.4, -0.2) is 47.8 Å². The van der Waals surface area contributed by atoms with Crippen LogP contribution in [0, 0.1) is 0 Å². The summed E-state index contributed by atoms with van der Waals surface area (Å²) < 4.78 is 1.72. The third kappa shape index (κ3) is 3.18. The van der Waals surface area contributed by atoms with E-state index in [2.05, 4.69) is 10.6 Å². The van der Waals surface area contributed by atoms with Crippen molar-refractivity contribution >= 4 is 34.7 Å². The molecular formula is C16H18N4O3S. The quantitative estimate of drug-likeness (QED) is 0.881. The number of hydrogen-bond donors (Lipinski definition) is 2. The Labute approximate surface area is 143 Å². The van der Waals surface area contributed by atoms with Crippen molar-refractivity contribution < 1.29 is 14.4 Å². The van der Waals surface area contributed by atoms with Crippen molar-refractivity contribution in [1.29, 1.82) is 0 Å². The maximum absolute atomic E-state index is 12.3. The van der Waals surface area contributed by atoms with Crippen molar-refractivity contribution in [3.8, 4) is 0 Å². The molecule has 2 aromatic rings. The lowest BCUT2D eigenvalue weighted by molar-refractivity contribution is -0.129. The number of fused-ring (bicyclic) bond motifs is 1. The van der Waals surface area contributed by atoms with Crippen LogP contribution < -0.4 is 10.6 Å². The van der Waals surface area contributed by atoms with Gasteiger partial charge in [0.2, 0.25) is 5.91 Å². The second-order valence-corrected chi connectivity index (χ2v) is 6.62. The third-order valence-corrected chi connectivity index (χ3v) is 4.61. The molecule has 8 heteroatoms. The van der Waals surface area contributed by atoms with Crippen molar-refractivity contribution in [1.82, 2.24) is 14.8 Å². The van der Waals surface area contributed by atoms with Gasteiger partial charge >= 0.3 is 0 Å². The molecule has 0 aromatic carbocycles. The van der Waals surface area contributed by atoms with Gasteiger partial charge in [-0.2, -0.15) is 11.3 Å².